The Kier molecular flexibility index (Phi) is 5.68. The first kappa shape index (κ1) is 14.7. The van der Waals surface area contributed by atoms with Crippen LogP contribution in [0.25, 0.3) is 0 Å². The largest absolute Gasteiger partial charge is 0.339 e. The molecule has 20 heavy (non-hydrogen) atoms. The maximum atomic E-state index is 5.33. The second-order valence-corrected chi connectivity index (χ2v) is 4.91. The second-order valence-electron chi connectivity index (χ2n) is 4.91. The van der Waals surface area contributed by atoms with Crippen molar-refractivity contribution >= 4 is 0 Å². The van der Waals surface area contributed by atoms with Gasteiger partial charge in [0.1, 0.15) is 0 Å². The Hall–Kier alpha value is -1.75. The molecule has 1 atom stereocenters. The maximum absolute atomic E-state index is 5.33. The van der Waals surface area contributed by atoms with Crippen LogP contribution in [0.4, 0.5) is 0 Å². The topological polar surface area (TPSA) is 63.8 Å². The van der Waals surface area contributed by atoms with Crippen molar-refractivity contribution in [3.63, 3.8) is 0 Å². The highest BCUT2D eigenvalue weighted by Gasteiger charge is 2.12. The Morgan fingerprint density at radius 3 is 2.95 bits per heavy atom. The van der Waals surface area contributed by atoms with Gasteiger partial charge in [0, 0.05) is 31.3 Å². The van der Waals surface area contributed by atoms with Gasteiger partial charge in [0.2, 0.25) is 5.89 Å². The Bertz CT molecular complexity index is 498. The monoisotopic (exact) mass is 274 g/mol. The SMILES string of the molecule is CCCNC(CC)Cc1nc(Cc2cccnc2)no1. The molecule has 2 heterocycles. The van der Waals surface area contributed by atoms with Gasteiger partial charge >= 0.3 is 0 Å². The Morgan fingerprint density at radius 1 is 1.35 bits per heavy atom. The summed E-state index contributed by atoms with van der Waals surface area (Å²) in [5, 5.41) is 7.53. The highest BCUT2D eigenvalue weighted by atomic mass is 16.5. The van der Waals surface area contributed by atoms with Crippen LogP contribution in [0.1, 0.15) is 44.0 Å². The first-order valence-corrected chi connectivity index (χ1v) is 7.25. The Morgan fingerprint density at radius 2 is 2.25 bits per heavy atom. The molecule has 5 heteroatoms. The van der Waals surface area contributed by atoms with E-state index in [4.69, 9.17) is 4.52 Å². The fourth-order valence-electron chi connectivity index (χ4n) is 2.05. The van der Waals surface area contributed by atoms with Gasteiger partial charge in [-0.2, -0.15) is 4.98 Å². The van der Waals surface area contributed by atoms with Crippen molar-refractivity contribution in [2.24, 2.45) is 0 Å². The van der Waals surface area contributed by atoms with Crippen molar-refractivity contribution in [1.29, 1.82) is 0 Å². The molecule has 1 unspecified atom stereocenters. The molecule has 108 valence electrons. The van der Waals surface area contributed by atoms with E-state index in [1.165, 1.54) is 0 Å². The van der Waals surface area contributed by atoms with Crippen molar-refractivity contribution < 1.29 is 4.52 Å². The predicted molar refractivity (Wildman–Crippen MR) is 77.4 cm³/mol. The zero-order valence-electron chi connectivity index (χ0n) is 12.2. The Labute approximate surface area is 119 Å². The maximum Gasteiger partial charge on any atom is 0.228 e. The number of hydrogen-bond acceptors (Lipinski definition) is 5. The number of nitrogens with zero attached hydrogens (tertiary/aromatic N) is 3. The lowest BCUT2D eigenvalue weighted by atomic mass is 10.1. The molecule has 0 aliphatic rings. The molecule has 0 amide bonds. The molecule has 2 aromatic heterocycles. The quantitative estimate of drug-likeness (QED) is 0.800. The normalized spacial score (nSPS) is 12.5. The molecule has 1 N–H and O–H groups in total. The second kappa shape index (κ2) is 7.75. The minimum Gasteiger partial charge on any atom is -0.339 e. The standard InChI is InChI=1S/C15H22N4O/c1-3-7-17-13(4-2)10-15-18-14(19-20-15)9-12-6-5-8-16-11-12/h5-6,8,11,13,17H,3-4,7,9-10H2,1-2H3. The van der Waals surface area contributed by atoms with E-state index < -0.39 is 0 Å². The Balaban J connectivity index is 1.91. The van der Waals surface area contributed by atoms with Gasteiger partial charge in [0.05, 0.1) is 0 Å². The third kappa shape index (κ3) is 4.42. The zero-order valence-corrected chi connectivity index (χ0v) is 12.2. The van der Waals surface area contributed by atoms with Crippen molar-refractivity contribution in [3.05, 3.63) is 41.8 Å². The van der Waals surface area contributed by atoms with Crippen LogP contribution in [0.3, 0.4) is 0 Å². The average molecular weight is 274 g/mol. The summed E-state index contributed by atoms with van der Waals surface area (Å²) in [5.41, 5.74) is 1.09. The lowest BCUT2D eigenvalue weighted by Crippen LogP contribution is -2.31. The summed E-state index contributed by atoms with van der Waals surface area (Å²) in [4.78, 5) is 8.54. The van der Waals surface area contributed by atoms with Gasteiger partial charge in [-0.05, 0) is 31.0 Å². The van der Waals surface area contributed by atoms with Crippen molar-refractivity contribution in [2.45, 2.75) is 45.6 Å². The number of nitrogens with one attached hydrogen (secondary N) is 1. The smallest absolute Gasteiger partial charge is 0.228 e. The third-order valence-corrected chi connectivity index (χ3v) is 3.19. The van der Waals surface area contributed by atoms with Crippen LogP contribution in [0.5, 0.6) is 0 Å². The van der Waals surface area contributed by atoms with E-state index in [0.717, 1.165) is 37.2 Å². The minimum absolute atomic E-state index is 0.404. The molecule has 2 aromatic rings. The van der Waals surface area contributed by atoms with E-state index in [-0.39, 0.29) is 0 Å². The van der Waals surface area contributed by atoms with Crippen LogP contribution >= 0.6 is 0 Å². The van der Waals surface area contributed by atoms with E-state index in [0.29, 0.717) is 18.4 Å². The zero-order chi connectivity index (χ0) is 14.2. The molecule has 5 nitrogen and oxygen atoms in total. The molecule has 0 aliphatic carbocycles. The van der Waals surface area contributed by atoms with Gasteiger partial charge in [-0.25, -0.2) is 0 Å². The summed E-state index contributed by atoms with van der Waals surface area (Å²) in [6.45, 7) is 5.36. The highest BCUT2D eigenvalue weighted by Crippen LogP contribution is 2.08. The summed E-state index contributed by atoms with van der Waals surface area (Å²) in [7, 11) is 0. The fourth-order valence-corrected chi connectivity index (χ4v) is 2.05. The molecular formula is C15H22N4O. The third-order valence-electron chi connectivity index (χ3n) is 3.19. The fraction of sp³-hybridized carbons (Fsp3) is 0.533. The first-order chi connectivity index (χ1) is 9.81. The van der Waals surface area contributed by atoms with Gasteiger partial charge in [-0.3, -0.25) is 4.98 Å². The number of rotatable bonds is 8. The van der Waals surface area contributed by atoms with Gasteiger partial charge in [-0.1, -0.05) is 25.1 Å². The van der Waals surface area contributed by atoms with E-state index in [1.807, 2.05) is 18.3 Å². The van der Waals surface area contributed by atoms with Gasteiger partial charge in [-0.15, -0.1) is 0 Å². The van der Waals surface area contributed by atoms with Crippen LogP contribution in [0.2, 0.25) is 0 Å². The van der Waals surface area contributed by atoms with E-state index in [1.54, 1.807) is 6.20 Å². The average Bonchev–Trinajstić information content (AvgIpc) is 2.91. The van der Waals surface area contributed by atoms with Crippen molar-refractivity contribution in [2.75, 3.05) is 6.54 Å². The first-order valence-electron chi connectivity index (χ1n) is 7.25. The number of hydrogen-bond donors (Lipinski definition) is 1. The van der Waals surface area contributed by atoms with Crippen LogP contribution in [0.15, 0.2) is 29.0 Å². The molecule has 0 saturated carbocycles. The lowest BCUT2D eigenvalue weighted by molar-refractivity contribution is 0.350. The van der Waals surface area contributed by atoms with E-state index >= 15 is 0 Å². The van der Waals surface area contributed by atoms with Crippen LogP contribution in [0, 0.1) is 0 Å². The van der Waals surface area contributed by atoms with Gasteiger partial charge < -0.3 is 9.84 Å². The molecule has 0 radical (unpaired) electrons. The highest BCUT2D eigenvalue weighted by molar-refractivity contribution is 5.13. The van der Waals surface area contributed by atoms with Crippen LogP contribution in [-0.4, -0.2) is 27.7 Å². The molecule has 0 aromatic carbocycles. The molecule has 0 fully saturated rings. The molecule has 0 aliphatic heterocycles. The number of pyridine rings is 1. The minimum atomic E-state index is 0.404. The van der Waals surface area contributed by atoms with Crippen LogP contribution < -0.4 is 5.32 Å². The van der Waals surface area contributed by atoms with Gasteiger partial charge in [0.15, 0.2) is 5.82 Å². The van der Waals surface area contributed by atoms with Crippen molar-refractivity contribution in [1.82, 2.24) is 20.4 Å². The molecule has 0 saturated heterocycles. The van der Waals surface area contributed by atoms with Crippen LogP contribution in [-0.2, 0) is 12.8 Å². The summed E-state index contributed by atoms with van der Waals surface area (Å²) in [6.07, 6.45) is 7.23. The molecule has 0 bridgehead atoms. The summed E-state index contributed by atoms with van der Waals surface area (Å²) < 4.78 is 5.33. The summed E-state index contributed by atoms with van der Waals surface area (Å²) >= 11 is 0. The van der Waals surface area contributed by atoms with Crippen molar-refractivity contribution in [3.8, 4) is 0 Å². The van der Waals surface area contributed by atoms with E-state index in [9.17, 15) is 0 Å². The van der Waals surface area contributed by atoms with Gasteiger partial charge in [0.25, 0.3) is 0 Å². The number of aromatic nitrogens is 3. The lowest BCUT2D eigenvalue weighted by Gasteiger charge is -2.13. The molecule has 0 spiro atoms. The molecular weight excluding hydrogens is 252 g/mol. The summed E-state index contributed by atoms with van der Waals surface area (Å²) in [6, 6.07) is 4.33. The van der Waals surface area contributed by atoms with E-state index in [2.05, 4.69) is 34.3 Å². The molecule has 2 rings (SSSR count). The predicted octanol–water partition coefficient (Wildman–Crippen LogP) is 2.38. The summed E-state index contributed by atoms with van der Waals surface area (Å²) in [5.74, 6) is 1.43.